The molecule has 0 aromatic carbocycles. The zero-order valence-electron chi connectivity index (χ0n) is 5.73. The van der Waals surface area contributed by atoms with E-state index in [4.69, 9.17) is 10.2 Å². The monoisotopic (exact) mass is 159 g/mol. The number of furan rings is 1. The number of rotatable bonds is 1. The van der Waals surface area contributed by atoms with Gasteiger partial charge in [0, 0.05) is 6.07 Å². The third kappa shape index (κ3) is 6.39. The van der Waals surface area contributed by atoms with Crippen LogP contribution in [0.4, 0.5) is 0 Å². The maximum atomic E-state index is 9.24. The van der Waals surface area contributed by atoms with Gasteiger partial charge in [-0.2, -0.15) is 0 Å². The van der Waals surface area contributed by atoms with Crippen molar-refractivity contribution in [1.82, 2.24) is 0 Å². The first kappa shape index (κ1) is 9.51. The standard InChI is InChI=1S/C4H4O2.C2H5NO2/c5-4-2-1-3-6-4;3-1-2(4)5/h1-3,5H;1,3H2,(H,4,5). The lowest BCUT2D eigenvalue weighted by atomic mass is 10.7. The van der Waals surface area contributed by atoms with Gasteiger partial charge in [0.2, 0.25) is 0 Å². The Kier molecular flexibility index (Phi) is 4.59. The molecule has 0 unspecified atom stereocenters. The highest BCUT2D eigenvalue weighted by Crippen LogP contribution is 2.04. The van der Waals surface area contributed by atoms with E-state index in [0.717, 1.165) is 0 Å². The number of hydrogen-bond acceptors (Lipinski definition) is 4. The van der Waals surface area contributed by atoms with E-state index < -0.39 is 5.97 Å². The predicted molar refractivity (Wildman–Crippen MR) is 37.1 cm³/mol. The summed E-state index contributed by atoms with van der Waals surface area (Å²) in [5.74, 6) is -1.000. The van der Waals surface area contributed by atoms with Gasteiger partial charge < -0.3 is 20.4 Å². The highest BCUT2D eigenvalue weighted by atomic mass is 16.5. The summed E-state index contributed by atoms with van der Waals surface area (Å²) in [6.07, 6.45) is 1.41. The molecule has 5 nitrogen and oxygen atoms in total. The molecule has 62 valence electrons. The summed E-state index contributed by atoms with van der Waals surface area (Å²) in [5.41, 5.74) is 4.57. The molecule has 0 aliphatic heterocycles. The highest BCUT2D eigenvalue weighted by molar-refractivity contribution is 5.68. The normalized spacial score (nSPS) is 8.09. The lowest BCUT2D eigenvalue weighted by Gasteiger charge is -1.73. The molecule has 1 heterocycles. The average molecular weight is 159 g/mol. The average Bonchev–Trinajstić information content (AvgIpc) is 2.41. The molecule has 0 saturated carbocycles. The van der Waals surface area contributed by atoms with Gasteiger partial charge in [0.05, 0.1) is 12.8 Å². The largest absolute Gasteiger partial charge is 0.481 e. The quantitative estimate of drug-likeness (QED) is 0.536. The Hall–Kier alpha value is -1.49. The first-order valence-electron chi connectivity index (χ1n) is 2.81. The summed E-state index contributed by atoms with van der Waals surface area (Å²) in [4.78, 5) is 9.24. The number of carbonyl (C=O) groups is 1. The molecule has 0 aliphatic rings. The van der Waals surface area contributed by atoms with E-state index in [-0.39, 0.29) is 12.5 Å². The Bertz CT molecular complexity index is 194. The zero-order valence-corrected chi connectivity index (χ0v) is 5.73. The van der Waals surface area contributed by atoms with E-state index in [0.29, 0.717) is 0 Å². The molecular weight excluding hydrogens is 150 g/mol. The molecule has 0 radical (unpaired) electrons. The molecule has 0 saturated heterocycles. The summed E-state index contributed by atoms with van der Waals surface area (Å²) < 4.78 is 4.39. The Labute approximate surface area is 63.1 Å². The number of aromatic hydroxyl groups is 1. The fourth-order valence-electron chi connectivity index (χ4n) is 0.270. The molecule has 1 rings (SSSR count). The first-order chi connectivity index (χ1) is 5.16. The van der Waals surface area contributed by atoms with Gasteiger partial charge in [0.1, 0.15) is 0 Å². The Morgan fingerprint density at radius 1 is 1.73 bits per heavy atom. The number of carboxylic acid groups (broad SMARTS) is 1. The van der Waals surface area contributed by atoms with Crippen LogP contribution >= 0.6 is 0 Å². The van der Waals surface area contributed by atoms with Crippen molar-refractivity contribution >= 4 is 5.97 Å². The minimum absolute atomic E-state index is 0.0324. The van der Waals surface area contributed by atoms with Crippen LogP contribution in [0.3, 0.4) is 0 Å². The van der Waals surface area contributed by atoms with Crippen LogP contribution in [-0.4, -0.2) is 22.7 Å². The van der Waals surface area contributed by atoms with Gasteiger partial charge in [-0.3, -0.25) is 4.79 Å². The van der Waals surface area contributed by atoms with E-state index in [1.807, 2.05) is 0 Å². The number of hydrogen-bond donors (Lipinski definition) is 3. The van der Waals surface area contributed by atoms with Gasteiger partial charge >= 0.3 is 5.97 Å². The van der Waals surface area contributed by atoms with Gasteiger partial charge in [0.25, 0.3) is 5.95 Å². The van der Waals surface area contributed by atoms with E-state index in [1.54, 1.807) is 6.07 Å². The molecule has 0 fully saturated rings. The summed E-state index contributed by atoms with van der Waals surface area (Å²) in [7, 11) is 0. The van der Waals surface area contributed by atoms with Crippen molar-refractivity contribution in [2.24, 2.45) is 5.73 Å². The van der Waals surface area contributed by atoms with Crippen molar-refractivity contribution in [3.05, 3.63) is 18.4 Å². The van der Waals surface area contributed by atoms with Crippen molar-refractivity contribution in [1.29, 1.82) is 0 Å². The van der Waals surface area contributed by atoms with Gasteiger partial charge in [-0.05, 0) is 6.07 Å². The third-order valence-electron chi connectivity index (χ3n) is 0.681. The molecule has 0 spiro atoms. The van der Waals surface area contributed by atoms with Gasteiger partial charge in [-0.1, -0.05) is 0 Å². The maximum Gasteiger partial charge on any atom is 0.317 e. The van der Waals surface area contributed by atoms with Crippen molar-refractivity contribution in [2.45, 2.75) is 0 Å². The fourth-order valence-corrected chi connectivity index (χ4v) is 0.270. The van der Waals surface area contributed by atoms with Crippen molar-refractivity contribution in [2.75, 3.05) is 6.54 Å². The molecule has 0 aliphatic carbocycles. The Balaban J connectivity index is 0.000000187. The lowest BCUT2D eigenvalue weighted by Crippen LogP contribution is -2.10. The molecule has 0 atom stereocenters. The van der Waals surface area contributed by atoms with E-state index >= 15 is 0 Å². The molecule has 0 amide bonds. The fraction of sp³-hybridized carbons (Fsp3) is 0.167. The Morgan fingerprint density at radius 3 is 2.36 bits per heavy atom. The van der Waals surface area contributed by atoms with E-state index in [9.17, 15) is 4.79 Å². The van der Waals surface area contributed by atoms with Crippen molar-refractivity contribution in [3.63, 3.8) is 0 Å². The summed E-state index contributed by atoms with van der Waals surface area (Å²) in [6, 6.07) is 3.09. The van der Waals surface area contributed by atoms with Crippen molar-refractivity contribution < 1.29 is 19.4 Å². The minimum Gasteiger partial charge on any atom is -0.481 e. The van der Waals surface area contributed by atoms with Crippen LogP contribution in [0.1, 0.15) is 0 Å². The molecule has 5 heteroatoms. The van der Waals surface area contributed by atoms with Gasteiger partial charge in [-0.15, -0.1) is 0 Å². The van der Waals surface area contributed by atoms with Crippen LogP contribution < -0.4 is 5.73 Å². The lowest BCUT2D eigenvalue weighted by molar-refractivity contribution is -0.135. The Morgan fingerprint density at radius 2 is 2.27 bits per heavy atom. The number of carboxylic acids is 1. The van der Waals surface area contributed by atoms with Gasteiger partial charge in [0.15, 0.2) is 0 Å². The summed E-state index contributed by atoms with van der Waals surface area (Å²) in [5, 5.41) is 15.9. The van der Waals surface area contributed by atoms with Crippen LogP contribution in [-0.2, 0) is 4.79 Å². The molecule has 4 N–H and O–H groups in total. The third-order valence-corrected chi connectivity index (χ3v) is 0.681. The van der Waals surface area contributed by atoms with Crippen LogP contribution in [0.25, 0.3) is 0 Å². The molecular formula is C6H9NO4. The second-order valence-electron chi connectivity index (χ2n) is 1.55. The highest BCUT2D eigenvalue weighted by Gasteiger charge is 1.81. The summed E-state index contributed by atoms with van der Waals surface area (Å²) >= 11 is 0. The van der Waals surface area contributed by atoms with Crippen LogP contribution in [0.15, 0.2) is 22.8 Å². The van der Waals surface area contributed by atoms with Crippen LogP contribution in [0, 0.1) is 0 Å². The maximum absolute atomic E-state index is 9.24. The van der Waals surface area contributed by atoms with Crippen LogP contribution in [0.5, 0.6) is 5.95 Å². The number of aliphatic carboxylic acids is 1. The number of nitrogens with two attached hydrogens (primary N) is 1. The zero-order chi connectivity index (χ0) is 8.69. The molecule has 1 aromatic heterocycles. The van der Waals surface area contributed by atoms with Gasteiger partial charge in [-0.25, -0.2) is 0 Å². The predicted octanol–water partition coefficient (Wildman–Crippen LogP) is 0.0149. The summed E-state index contributed by atoms with van der Waals surface area (Å²) in [6.45, 7) is -0.278. The second kappa shape index (κ2) is 5.31. The molecule has 1 aromatic rings. The van der Waals surface area contributed by atoms with E-state index in [2.05, 4.69) is 10.2 Å². The first-order valence-corrected chi connectivity index (χ1v) is 2.81. The topological polar surface area (TPSA) is 96.7 Å². The minimum atomic E-state index is -0.968. The molecule has 0 bridgehead atoms. The second-order valence-corrected chi connectivity index (χ2v) is 1.55. The van der Waals surface area contributed by atoms with Crippen LogP contribution in [0.2, 0.25) is 0 Å². The van der Waals surface area contributed by atoms with Crippen molar-refractivity contribution in [3.8, 4) is 5.95 Å². The SMILES string of the molecule is NCC(=O)O.Oc1ccco1. The van der Waals surface area contributed by atoms with E-state index in [1.165, 1.54) is 12.3 Å². The smallest absolute Gasteiger partial charge is 0.317 e. The molecule has 11 heavy (non-hydrogen) atoms.